The number of ketones is 1. The SMILES string of the molecule is Cc1nc2ccccc2c(-c2ccccc2)c1C(=O)/C=C/c1ccccc1F. The van der Waals surface area contributed by atoms with Gasteiger partial charge in [0.25, 0.3) is 0 Å². The Morgan fingerprint density at radius 3 is 2.36 bits per heavy atom. The minimum Gasteiger partial charge on any atom is -0.289 e. The Morgan fingerprint density at radius 2 is 1.57 bits per heavy atom. The zero-order valence-corrected chi connectivity index (χ0v) is 15.4. The maximum atomic E-state index is 13.9. The summed E-state index contributed by atoms with van der Waals surface area (Å²) in [4.78, 5) is 17.8. The summed E-state index contributed by atoms with van der Waals surface area (Å²) >= 11 is 0. The summed E-state index contributed by atoms with van der Waals surface area (Å²) in [5, 5.41) is 0.918. The Morgan fingerprint density at radius 1 is 0.893 bits per heavy atom. The maximum absolute atomic E-state index is 13.9. The molecule has 4 aromatic rings. The number of halogens is 1. The molecule has 0 N–H and O–H groups in total. The van der Waals surface area contributed by atoms with Crippen LogP contribution in [0.3, 0.4) is 0 Å². The van der Waals surface area contributed by atoms with Gasteiger partial charge in [-0.1, -0.05) is 66.7 Å². The van der Waals surface area contributed by atoms with Crippen LogP contribution in [0.15, 0.2) is 84.9 Å². The summed E-state index contributed by atoms with van der Waals surface area (Å²) in [5.74, 6) is -0.555. The van der Waals surface area contributed by atoms with Crippen molar-refractivity contribution in [3.8, 4) is 11.1 Å². The van der Waals surface area contributed by atoms with Crippen molar-refractivity contribution in [1.29, 1.82) is 0 Å². The van der Waals surface area contributed by atoms with Gasteiger partial charge in [0.1, 0.15) is 5.82 Å². The molecule has 0 aliphatic heterocycles. The number of benzene rings is 3. The average molecular weight is 367 g/mol. The predicted molar refractivity (Wildman–Crippen MR) is 112 cm³/mol. The van der Waals surface area contributed by atoms with E-state index in [-0.39, 0.29) is 11.6 Å². The van der Waals surface area contributed by atoms with Crippen LogP contribution in [0.1, 0.15) is 21.6 Å². The number of hydrogen-bond acceptors (Lipinski definition) is 2. The molecule has 0 radical (unpaired) electrons. The number of fused-ring (bicyclic) bond motifs is 1. The molecule has 0 aliphatic carbocycles. The van der Waals surface area contributed by atoms with Crippen molar-refractivity contribution in [3.63, 3.8) is 0 Å². The number of carbonyl (C=O) groups excluding carboxylic acids is 1. The fraction of sp³-hybridized carbons (Fsp3) is 0.0400. The molecule has 136 valence electrons. The molecule has 0 saturated heterocycles. The average Bonchev–Trinajstić information content (AvgIpc) is 2.72. The van der Waals surface area contributed by atoms with Crippen molar-refractivity contribution in [2.24, 2.45) is 0 Å². The largest absolute Gasteiger partial charge is 0.289 e. The third-order valence-electron chi connectivity index (χ3n) is 4.70. The molecule has 0 fully saturated rings. The van der Waals surface area contributed by atoms with Gasteiger partial charge in [-0.15, -0.1) is 0 Å². The highest BCUT2D eigenvalue weighted by Gasteiger charge is 2.18. The number of carbonyl (C=O) groups is 1. The maximum Gasteiger partial charge on any atom is 0.188 e. The third-order valence-corrected chi connectivity index (χ3v) is 4.70. The van der Waals surface area contributed by atoms with Crippen LogP contribution in [-0.2, 0) is 0 Å². The molecule has 0 unspecified atom stereocenters. The van der Waals surface area contributed by atoms with Crippen LogP contribution in [0.2, 0.25) is 0 Å². The van der Waals surface area contributed by atoms with Gasteiger partial charge in [0, 0.05) is 22.2 Å². The lowest BCUT2D eigenvalue weighted by Crippen LogP contribution is -2.05. The molecule has 0 aliphatic rings. The first-order valence-corrected chi connectivity index (χ1v) is 9.07. The molecule has 0 spiro atoms. The van der Waals surface area contributed by atoms with Crippen molar-refractivity contribution >= 4 is 22.8 Å². The van der Waals surface area contributed by atoms with Gasteiger partial charge in [0.15, 0.2) is 5.78 Å². The van der Waals surface area contributed by atoms with Crippen molar-refractivity contribution in [1.82, 2.24) is 4.98 Å². The molecular weight excluding hydrogens is 349 g/mol. The van der Waals surface area contributed by atoms with Gasteiger partial charge < -0.3 is 0 Å². The zero-order valence-electron chi connectivity index (χ0n) is 15.4. The summed E-state index contributed by atoms with van der Waals surface area (Å²) in [6.45, 7) is 1.84. The molecular formula is C25H18FNO. The lowest BCUT2D eigenvalue weighted by atomic mass is 9.92. The van der Waals surface area contributed by atoms with E-state index in [2.05, 4.69) is 4.98 Å². The van der Waals surface area contributed by atoms with Gasteiger partial charge in [-0.2, -0.15) is 0 Å². The highest BCUT2D eigenvalue weighted by molar-refractivity contribution is 6.16. The van der Waals surface area contributed by atoms with Gasteiger partial charge in [-0.05, 0) is 36.8 Å². The Labute approximate surface area is 163 Å². The summed E-state index contributed by atoms with van der Waals surface area (Å²) in [6, 6.07) is 24.0. The Bertz CT molecular complexity index is 1200. The monoisotopic (exact) mass is 367 g/mol. The van der Waals surface area contributed by atoms with E-state index in [0.717, 1.165) is 22.0 Å². The fourth-order valence-electron chi connectivity index (χ4n) is 3.40. The van der Waals surface area contributed by atoms with Crippen LogP contribution >= 0.6 is 0 Å². The second-order valence-electron chi connectivity index (χ2n) is 6.55. The molecule has 3 aromatic carbocycles. The van der Waals surface area contributed by atoms with Crippen LogP contribution in [0.25, 0.3) is 28.1 Å². The predicted octanol–water partition coefficient (Wildman–Crippen LogP) is 6.25. The molecule has 28 heavy (non-hydrogen) atoms. The molecule has 0 saturated carbocycles. The highest BCUT2D eigenvalue weighted by atomic mass is 19.1. The topological polar surface area (TPSA) is 30.0 Å². The highest BCUT2D eigenvalue weighted by Crippen LogP contribution is 2.33. The Hall–Kier alpha value is -3.59. The number of aryl methyl sites for hydroxylation is 1. The smallest absolute Gasteiger partial charge is 0.188 e. The minimum absolute atomic E-state index is 0.196. The standard InChI is InChI=1S/C25H18FNO/c1-17-24(23(28)16-15-18-9-5-7-13-21(18)26)25(19-10-3-2-4-11-19)20-12-6-8-14-22(20)27-17/h2-16H,1H3/b16-15+. The number of para-hydroxylation sites is 1. The molecule has 2 nitrogen and oxygen atoms in total. The third kappa shape index (κ3) is 3.35. The zero-order chi connectivity index (χ0) is 19.5. The van der Waals surface area contributed by atoms with E-state index < -0.39 is 0 Å². The number of rotatable bonds is 4. The lowest BCUT2D eigenvalue weighted by Gasteiger charge is -2.14. The Balaban J connectivity index is 1.90. The van der Waals surface area contributed by atoms with Gasteiger partial charge in [-0.25, -0.2) is 4.39 Å². The van der Waals surface area contributed by atoms with Crippen LogP contribution in [0.5, 0.6) is 0 Å². The van der Waals surface area contributed by atoms with E-state index in [1.54, 1.807) is 18.2 Å². The number of allylic oxidation sites excluding steroid dienone is 1. The van der Waals surface area contributed by atoms with E-state index in [1.807, 2.05) is 61.5 Å². The quantitative estimate of drug-likeness (QED) is 0.315. The first kappa shape index (κ1) is 17.8. The van der Waals surface area contributed by atoms with Gasteiger partial charge >= 0.3 is 0 Å². The van der Waals surface area contributed by atoms with Gasteiger partial charge in [0.05, 0.1) is 11.1 Å². The van der Waals surface area contributed by atoms with Crippen LogP contribution in [0.4, 0.5) is 4.39 Å². The van der Waals surface area contributed by atoms with E-state index in [4.69, 9.17) is 0 Å². The molecule has 4 rings (SSSR count). The van der Waals surface area contributed by atoms with Gasteiger partial charge in [-0.3, -0.25) is 9.78 Å². The molecule has 0 atom stereocenters. The number of aromatic nitrogens is 1. The van der Waals surface area contributed by atoms with E-state index in [1.165, 1.54) is 18.2 Å². The summed E-state index contributed by atoms with van der Waals surface area (Å²) in [7, 11) is 0. The van der Waals surface area contributed by atoms with Crippen LogP contribution < -0.4 is 0 Å². The number of hydrogen-bond donors (Lipinski definition) is 0. The summed E-state index contributed by atoms with van der Waals surface area (Å²) in [6.07, 6.45) is 2.94. The fourth-order valence-corrected chi connectivity index (χ4v) is 3.40. The number of pyridine rings is 1. The lowest BCUT2D eigenvalue weighted by molar-refractivity contribution is 0.104. The van der Waals surface area contributed by atoms with E-state index >= 15 is 0 Å². The van der Waals surface area contributed by atoms with E-state index in [9.17, 15) is 9.18 Å². The molecule has 1 heterocycles. The van der Waals surface area contributed by atoms with Gasteiger partial charge in [0.2, 0.25) is 0 Å². The first-order valence-electron chi connectivity index (χ1n) is 9.07. The van der Waals surface area contributed by atoms with E-state index in [0.29, 0.717) is 16.8 Å². The normalized spacial score (nSPS) is 11.2. The summed E-state index contributed by atoms with van der Waals surface area (Å²) in [5.41, 5.74) is 4.22. The van der Waals surface area contributed by atoms with Crippen LogP contribution in [0, 0.1) is 12.7 Å². The second kappa shape index (κ2) is 7.57. The molecule has 0 amide bonds. The minimum atomic E-state index is -0.358. The van der Waals surface area contributed by atoms with Crippen molar-refractivity contribution in [2.75, 3.05) is 0 Å². The summed E-state index contributed by atoms with van der Waals surface area (Å²) < 4.78 is 13.9. The molecule has 0 bridgehead atoms. The Kier molecular flexibility index (Phi) is 4.81. The van der Waals surface area contributed by atoms with Crippen molar-refractivity contribution in [3.05, 3.63) is 108 Å². The van der Waals surface area contributed by atoms with Crippen molar-refractivity contribution < 1.29 is 9.18 Å². The molecule has 1 aromatic heterocycles. The number of nitrogens with zero attached hydrogens (tertiary/aromatic N) is 1. The second-order valence-corrected chi connectivity index (χ2v) is 6.55. The first-order chi connectivity index (χ1) is 13.6. The molecule has 3 heteroatoms. The van der Waals surface area contributed by atoms with Crippen molar-refractivity contribution in [2.45, 2.75) is 6.92 Å². The van der Waals surface area contributed by atoms with Crippen LogP contribution in [-0.4, -0.2) is 10.8 Å².